The largest absolute Gasteiger partial charge is 0.487 e. The minimum absolute atomic E-state index is 0.000821. The maximum atomic E-state index is 13.6. The van der Waals surface area contributed by atoms with Crippen LogP contribution in [0.3, 0.4) is 0 Å². The molecule has 3 N–H and O–H groups in total. The molecule has 0 unspecified atom stereocenters. The summed E-state index contributed by atoms with van der Waals surface area (Å²) in [7, 11) is 0. The van der Waals surface area contributed by atoms with E-state index in [1.54, 1.807) is 4.90 Å². The van der Waals surface area contributed by atoms with Crippen LogP contribution < -0.4 is 15.8 Å². The van der Waals surface area contributed by atoms with E-state index in [2.05, 4.69) is 26.1 Å². The normalized spacial score (nSPS) is 22.1. The molecule has 2 aromatic carbocycles. The molecule has 2 amide bonds. The Kier molecular flexibility index (Phi) is 7.21. The lowest BCUT2D eigenvalue weighted by atomic mass is 9.73. The predicted molar refractivity (Wildman–Crippen MR) is 149 cm³/mol. The molecule has 0 radical (unpaired) electrons. The molecule has 7 heteroatoms. The van der Waals surface area contributed by atoms with Crippen LogP contribution in [0.1, 0.15) is 112 Å². The zero-order chi connectivity index (χ0) is 26.9. The molecule has 1 aliphatic carbocycles. The van der Waals surface area contributed by atoms with Crippen LogP contribution in [0.25, 0.3) is 0 Å². The highest BCUT2D eigenvalue weighted by atomic mass is 16.5. The number of rotatable bonds is 8. The summed E-state index contributed by atoms with van der Waals surface area (Å²) in [6.07, 6.45) is 7.47. The summed E-state index contributed by atoms with van der Waals surface area (Å²) in [5.74, 6) is 1.02. The molecule has 1 saturated carbocycles. The van der Waals surface area contributed by atoms with Gasteiger partial charge in [-0.25, -0.2) is 4.99 Å². The smallest absolute Gasteiger partial charge is 0.251 e. The zero-order valence-corrected chi connectivity index (χ0v) is 22.8. The number of guanidine groups is 1. The average Bonchev–Trinajstić information content (AvgIpc) is 2.91. The summed E-state index contributed by atoms with van der Waals surface area (Å²) in [6.45, 7) is 6.20. The number of nitrogens with one attached hydrogen (secondary N) is 1. The molecular formula is C31H40N4O3. The molecule has 0 aromatic heterocycles. The second kappa shape index (κ2) is 10.4. The van der Waals surface area contributed by atoms with Crippen molar-refractivity contribution in [3.8, 4) is 5.75 Å². The zero-order valence-electron chi connectivity index (χ0n) is 22.8. The Morgan fingerprint density at radius 3 is 2.58 bits per heavy atom. The molecule has 38 heavy (non-hydrogen) atoms. The minimum atomic E-state index is -0.423. The molecule has 2 aliphatic heterocycles. The Bertz CT molecular complexity index is 1230. The Morgan fingerprint density at radius 1 is 1.16 bits per heavy atom. The van der Waals surface area contributed by atoms with Crippen molar-refractivity contribution in [3.05, 3.63) is 65.2 Å². The first-order chi connectivity index (χ1) is 18.3. The standard InChI is InChI=1S/C31H40N4O3/c1-4-11-25(35-27(36)20-30(5-2,6-3)34-29(35)32)21-12-9-13-22(18-21)28(37)33-24-19-31(16-10-17-31)38-26-15-8-7-14-23(24)26/h7-9,12-15,18,24-25H,4-6,10-11,16-17,19-20H2,1-3H3,(H2,32,34)(H,33,37)/t24-,25-/m1/s1. The number of carbonyl (C=O) groups excluding carboxylic acids is 2. The molecule has 202 valence electrons. The first kappa shape index (κ1) is 26.3. The maximum Gasteiger partial charge on any atom is 0.251 e. The van der Waals surface area contributed by atoms with Crippen molar-refractivity contribution >= 4 is 17.8 Å². The highest BCUT2D eigenvalue weighted by Crippen LogP contribution is 2.48. The number of hydrogen-bond acceptors (Lipinski definition) is 5. The molecule has 1 fully saturated rings. The lowest BCUT2D eigenvalue weighted by Gasteiger charge is -2.48. The second-order valence-corrected chi connectivity index (χ2v) is 11.2. The number of amides is 2. The van der Waals surface area contributed by atoms with Gasteiger partial charge >= 0.3 is 0 Å². The van der Waals surface area contributed by atoms with Crippen LogP contribution >= 0.6 is 0 Å². The van der Waals surface area contributed by atoms with Crippen molar-refractivity contribution in [1.82, 2.24) is 10.2 Å². The molecule has 1 spiro atoms. The van der Waals surface area contributed by atoms with Gasteiger partial charge in [-0.15, -0.1) is 0 Å². The number of ether oxygens (including phenoxy) is 1. The van der Waals surface area contributed by atoms with Crippen LogP contribution in [0.5, 0.6) is 5.75 Å². The van der Waals surface area contributed by atoms with Gasteiger partial charge in [0.2, 0.25) is 5.91 Å². The van der Waals surface area contributed by atoms with E-state index in [0.29, 0.717) is 12.0 Å². The van der Waals surface area contributed by atoms with Crippen molar-refractivity contribution in [2.75, 3.05) is 0 Å². The number of para-hydroxylation sites is 1. The SMILES string of the molecule is CCC[C@H](c1cccc(C(=O)N[C@@H]2CC3(CCC3)Oc3ccccc32)c1)N1C(=O)CC(CC)(CC)N=C1N. The van der Waals surface area contributed by atoms with E-state index in [0.717, 1.165) is 68.2 Å². The fourth-order valence-corrected chi connectivity index (χ4v) is 6.29. The second-order valence-electron chi connectivity index (χ2n) is 11.2. The highest BCUT2D eigenvalue weighted by Gasteiger charge is 2.46. The number of aliphatic imine (C=N–C) groups is 1. The number of fused-ring (bicyclic) bond motifs is 1. The molecule has 2 heterocycles. The average molecular weight is 517 g/mol. The third-order valence-corrected chi connectivity index (χ3v) is 8.84. The molecule has 0 bridgehead atoms. The van der Waals surface area contributed by atoms with E-state index in [-0.39, 0.29) is 35.5 Å². The van der Waals surface area contributed by atoms with E-state index in [9.17, 15) is 9.59 Å². The third-order valence-electron chi connectivity index (χ3n) is 8.84. The Hall–Kier alpha value is -3.35. The number of benzene rings is 2. The quantitative estimate of drug-likeness (QED) is 0.463. The fourth-order valence-electron chi connectivity index (χ4n) is 6.29. The van der Waals surface area contributed by atoms with Gasteiger partial charge in [0, 0.05) is 17.5 Å². The number of nitrogens with zero attached hydrogens (tertiary/aromatic N) is 2. The highest BCUT2D eigenvalue weighted by molar-refractivity contribution is 6.00. The molecule has 7 nitrogen and oxygen atoms in total. The van der Waals surface area contributed by atoms with Gasteiger partial charge in [-0.05, 0) is 62.3 Å². The lowest BCUT2D eigenvalue weighted by molar-refractivity contribution is -0.131. The van der Waals surface area contributed by atoms with Crippen LogP contribution in [-0.4, -0.2) is 33.8 Å². The van der Waals surface area contributed by atoms with E-state index in [1.807, 2.05) is 48.5 Å². The van der Waals surface area contributed by atoms with E-state index < -0.39 is 5.54 Å². The predicted octanol–water partition coefficient (Wildman–Crippen LogP) is 5.81. The van der Waals surface area contributed by atoms with Crippen molar-refractivity contribution in [1.29, 1.82) is 0 Å². The Balaban J connectivity index is 1.40. The van der Waals surface area contributed by atoms with Gasteiger partial charge in [0.15, 0.2) is 5.96 Å². The van der Waals surface area contributed by atoms with Crippen LogP contribution in [0.4, 0.5) is 0 Å². The van der Waals surface area contributed by atoms with Gasteiger partial charge in [0.25, 0.3) is 5.91 Å². The van der Waals surface area contributed by atoms with Gasteiger partial charge in [-0.3, -0.25) is 14.5 Å². The molecule has 0 saturated heterocycles. The first-order valence-electron chi connectivity index (χ1n) is 14.2. The topological polar surface area (TPSA) is 97.0 Å². The van der Waals surface area contributed by atoms with Crippen LogP contribution in [0.2, 0.25) is 0 Å². The first-order valence-corrected chi connectivity index (χ1v) is 14.2. The van der Waals surface area contributed by atoms with E-state index in [1.165, 1.54) is 0 Å². The van der Waals surface area contributed by atoms with Crippen LogP contribution in [0.15, 0.2) is 53.5 Å². The number of carbonyl (C=O) groups is 2. The van der Waals surface area contributed by atoms with Crippen molar-refractivity contribution in [2.24, 2.45) is 10.7 Å². The molecular weight excluding hydrogens is 476 g/mol. The maximum absolute atomic E-state index is 13.6. The summed E-state index contributed by atoms with van der Waals surface area (Å²) < 4.78 is 6.36. The summed E-state index contributed by atoms with van der Waals surface area (Å²) >= 11 is 0. The van der Waals surface area contributed by atoms with Crippen molar-refractivity contribution in [3.63, 3.8) is 0 Å². The van der Waals surface area contributed by atoms with Crippen LogP contribution in [-0.2, 0) is 4.79 Å². The molecule has 2 aromatic rings. The van der Waals surface area contributed by atoms with Crippen LogP contribution in [0, 0.1) is 0 Å². The van der Waals surface area contributed by atoms with Gasteiger partial charge in [0.1, 0.15) is 11.4 Å². The summed E-state index contributed by atoms with van der Waals surface area (Å²) in [6, 6.07) is 15.2. The number of nitrogens with two attached hydrogens (primary N) is 1. The van der Waals surface area contributed by atoms with E-state index in [4.69, 9.17) is 15.5 Å². The molecule has 2 atom stereocenters. The Labute approximate surface area is 225 Å². The van der Waals surface area contributed by atoms with Gasteiger partial charge in [0.05, 0.1) is 24.0 Å². The lowest BCUT2D eigenvalue weighted by Crippen LogP contribution is -2.52. The Morgan fingerprint density at radius 2 is 1.92 bits per heavy atom. The van der Waals surface area contributed by atoms with E-state index >= 15 is 0 Å². The van der Waals surface area contributed by atoms with Gasteiger partial charge in [-0.2, -0.15) is 0 Å². The van der Waals surface area contributed by atoms with Gasteiger partial charge in [-0.1, -0.05) is 57.5 Å². The summed E-state index contributed by atoms with van der Waals surface area (Å²) in [5.41, 5.74) is 8.35. The monoisotopic (exact) mass is 516 g/mol. The summed E-state index contributed by atoms with van der Waals surface area (Å²) in [5, 5.41) is 3.29. The third kappa shape index (κ3) is 4.79. The van der Waals surface area contributed by atoms with Crippen molar-refractivity contribution in [2.45, 2.75) is 102 Å². The molecule has 3 aliphatic rings. The minimum Gasteiger partial charge on any atom is -0.487 e. The van der Waals surface area contributed by atoms with Gasteiger partial charge < -0.3 is 15.8 Å². The fraction of sp³-hybridized carbons (Fsp3) is 0.516. The molecule has 5 rings (SSSR count). The number of hydrogen-bond donors (Lipinski definition) is 2. The summed E-state index contributed by atoms with van der Waals surface area (Å²) in [4.78, 5) is 33.4. The van der Waals surface area contributed by atoms with Crippen molar-refractivity contribution < 1.29 is 14.3 Å².